The number of carboxylic acids is 1. The van der Waals surface area contributed by atoms with Crippen molar-refractivity contribution in [3.63, 3.8) is 0 Å². The Morgan fingerprint density at radius 1 is 1.03 bits per heavy atom. The minimum Gasteiger partial charge on any atom is -0.497 e. The maximum absolute atomic E-state index is 12.9. The number of nitrogens with one attached hydrogen (secondary N) is 1. The van der Waals surface area contributed by atoms with Crippen LogP contribution in [0.4, 0.5) is 0 Å². The van der Waals surface area contributed by atoms with Crippen molar-refractivity contribution in [2.24, 2.45) is 0 Å². The molecule has 0 fully saturated rings. The minimum atomic E-state index is -1.17. The van der Waals surface area contributed by atoms with Gasteiger partial charge in [-0.05, 0) is 53.5 Å². The second-order valence-corrected chi connectivity index (χ2v) is 9.64. The first-order valence-electron chi connectivity index (χ1n) is 12.0. The highest BCUT2D eigenvalue weighted by Crippen LogP contribution is 2.26. The molecule has 1 atom stereocenters. The molecule has 2 amide bonds. The Morgan fingerprint density at radius 2 is 1.71 bits per heavy atom. The fraction of sp³-hybridized carbons (Fsp3) is 0.207. The summed E-state index contributed by atoms with van der Waals surface area (Å²) in [7, 11) is 1.57. The van der Waals surface area contributed by atoms with Crippen LogP contribution in [-0.2, 0) is 11.2 Å². The number of carbonyl (C=O) groups is 3. The van der Waals surface area contributed by atoms with Crippen LogP contribution in [0.25, 0.3) is 5.57 Å². The lowest BCUT2D eigenvalue weighted by Gasteiger charge is -2.27. The molecule has 38 heavy (non-hydrogen) atoms. The molecule has 1 heterocycles. The lowest BCUT2D eigenvalue weighted by molar-refractivity contribution is -0.139. The van der Waals surface area contributed by atoms with E-state index in [0.717, 1.165) is 16.7 Å². The first kappa shape index (κ1) is 27.2. The van der Waals surface area contributed by atoms with Crippen molar-refractivity contribution >= 4 is 46.6 Å². The van der Waals surface area contributed by atoms with Gasteiger partial charge in [-0.1, -0.05) is 65.7 Å². The predicted octanol–water partition coefficient (Wildman–Crippen LogP) is 5.36. The van der Waals surface area contributed by atoms with E-state index >= 15 is 0 Å². The third-order valence-electron chi connectivity index (χ3n) is 6.37. The van der Waals surface area contributed by atoms with E-state index in [-0.39, 0.29) is 27.9 Å². The molecule has 196 valence electrons. The van der Waals surface area contributed by atoms with Gasteiger partial charge in [0.25, 0.3) is 11.8 Å². The molecule has 4 rings (SSSR count). The average Bonchev–Trinajstić information content (AvgIpc) is 2.92. The molecule has 1 aliphatic rings. The summed E-state index contributed by atoms with van der Waals surface area (Å²) in [5.74, 6) is -1.22. The number of carbonyl (C=O) groups excluding carboxylic acids is 2. The summed E-state index contributed by atoms with van der Waals surface area (Å²) in [4.78, 5) is 39.2. The van der Waals surface area contributed by atoms with Gasteiger partial charge in [0.2, 0.25) is 0 Å². The average molecular weight is 553 g/mol. The highest BCUT2D eigenvalue weighted by atomic mass is 35.5. The summed E-state index contributed by atoms with van der Waals surface area (Å²) >= 11 is 12.2. The van der Waals surface area contributed by atoms with E-state index in [1.165, 1.54) is 12.1 Å². The van der Waals surface area contributed by atoms with Crippen molar-refractivity contribution in [3.05, 3.63) is 105 Å². The van der Waals surface area contributed by atoms with Crippen LogP contribution in [0.2, 0.25) is 10.0 Å². The molecule has 0 unspecified atom stereocenters. The Hall–Kier alpha value is -3.81. The van der Waals surface area contributed by atoms with Gasteiger partial charge in [-0.25, -0.2) is 4.79 Å². The van der Waals surface area contributed by atoms with Gasteiger partial charge in [-0.3, -0.25) is 9.59 Å². The second kappa shape index (κ2) is 12.2. The van der Waals surface area contributed by atoms with E-state index < -0.39 is 17.9 Å². The van der Waals surface area contributed by atoms with Crippen LogP contribution in [0.1, 0.15) is 38.3 Å². The number of benzene rings is 3. The molecule has 3 aromatic carbocycles. The quantitative estimate of drug-likeness (QED) is 0.392. The van der Waals surface area contributed by atoms with Crippen LogP contribution >= 0.6 is 23.2 Å². The first-order valence-corrected chi connectivity index (χ1v) is 12.7. The van der Waals surface area contributed by atoms with Crippen LogP contribution in [0.15, 0.2) is 72.8 Å². The van der Waals surface area contributed by atoms with E-state index in [2.05, 4.69) is 5.32 Å². The number of amides is 2. The Kier molecular flexibility index (Phi) is 8.71. The largest absolute Gasteiger partial charge is 0.497 e. The summed E-state index contributed by atoms with van der Waals surface area (Å²) in [6.07, 6.45) is 2.82. The van der Waals surface area contributed by atoms with E-state index in [4.69, 9.17) is 27.9 Å². The number of hydrogen-bond donors (Lipinski definition) is 2. The van der Waals surface area contributed by atoms with Gasteiger partial charge < -0.3 is 20.1 Å². The molecule has 9 heteroatoms. The molecule has 1 aliphatic heterocycles. The van der Waals surface area contributed by atoms with Crippen LogP contribution in [0.3, 0.4) is 0 Å². The van der Waals surface area contributed by atoms with Gasteiger partial charge in [-0.2, -0.15) is 0 Å². The lowest BCUT2D eigenvalue weighted by atomic mass is 9.96. The Balaban J connectivity index is 1.39. The number of ether oxygens (including phenoxy) is 1. The zero-order valence-electron chi connectivity index (χ0n) is 20.6. The van der Waals surface area contributed by atoms with Crippen molar-refractivity contribution in [2.45, 2.75) is 18.9 Å². The fourth-order valence-electron chi connectivity index (χ4n) is 4.29. The van der Waals surface area contributed by atoms with Gasteiger partial charge in [0, 0.05) is 25.1 Å². The summed E-state index contributed by atoms with van der Waals surface area (Å²) < 4.78 is 5.22. The van der Waals surface area contributed by atoms with E-state index in [0.29, 0.717) is 30.8 Å². The molecule has 0 bridgehead atoms. The molecule has 0 aromatic heterocycles. The van der Waals surface area contributed by atoms with Gasteiger partial charge >= 0.3 is 5.97 Å². The predicted molar refractivity (Wildman–Crippen MR) is 147 cm³/mol. The first-order chi connectivity index (χ1) is 18.3. The Labute approximate surface area is 230 Å². The third-order valence-corrected chi connectivity index (χ3v) is 7.00. The number of aliphatic carboxylic acids is 1. The van der Waals surface area contributed by atoms with Gasteiger partial charge in [0.1, 0.15) is 11.8 Å². The van der Waals surface area contributed by atoms with Crippen molar-refractivity contribution in [3.8, 4) is 5.75 Å². The topological polar surface area (TPSA) is 95.9 Å². The lowest BCUT2D eigenvalue weighted by Crippen LogP contribution is -2.42. The zero-order chi connectivity index (χ0) is 27.2. The van der Waals surface area contributed by atoms with E-state index in [9.17, 15) is 19.5 Å². The number of carboxylic acid groups (broad SMARTS) is 1. The van der Waals surface area contributed by atoms with Crippen molar-refractivity contribution in [1.29, 1.82) is 0 Å². The SMILES string of the molecule is COc1cccc(C(=O)N2CC=C(c3ccc(C[C@H](NC(=O)c4c(Cl)cccc4Cl)C(=O)O)cc3)CC2)c1. The number of methoxy groups -OCH3 is 1. The number of halogens is 2. The van der Waals surface area contributed by atoms with E-state index in [1.54, 1.807) is 42.3 Å². The standard InChI is InChI=1S/C29H26Cl2N2O5/c1-38-22-5-2-4-21(17-22)28(35)33-14-12-20(13-15-33)19-10-8-18(9-11-19)16-25(29(36)37)32-27(34)26-23(30)6-3-7-24(26)31/h2-12,17,25H,13-16H2,1H3,(H,32,34)(H,36,37)/t25-/m0/s1. The van der Waals surface area contributed by atoms with Crippen LogP contribution in [0.5, 0.6) is 5.75 Å². The zero-order valence-corrected chi connectivity index (χ0v) is 22.1. The molecule has 0 saturated heterocycles. The second-order valence-electron chi connectivity index (χ2n) is 8.82. The summed E-state index contributed by atoms with van der Waals surface area (Å²) in [5, 5.41) is 12.5. The minimum absolute atomic E-state index is 0.0422. The Morgan fingerprint density at radius 3 is 2.32 bits per heavy atom. The smallest absolute Gasteiger partial charge is 0.326 e. The molecule has 7 nitrogen and oxygen atoms in total. The normalized spacial score (nSPS) is 13.9. The number of hydrogen-bond acceptors (Lipinski definition) is 4. The molecule has 2 N–H and O–H groups in total. The monoisotopic (exact) mass is 552 g/mol. The molecule has 0 radical (unpaired) electrons. The van der Waals surface area contributed by atoms with Crippen LogP contribution in [0, 0.1) is 0 Å². The Bertz CT molecular complexity index is 1370. The fourth-order valence-corrected chi connectivity index (χ4v) is 4.86. The molecular weight excluding hydrogens is 527 g/mol. The number of nitrogens with zero attached hydrogens (tertiary/aromatic N) is 1. The maximum atomic E-state index is 12.9. The van der Waals surface area contributed by atoms with Gasteiger partial charge in [-0.15, -0.1) is 0 Å². The molecule has 0 spiro atoms. The maximum Gasteiger partial charge on any atom is 0.326 e. The number of rotatable bonds is 8. The van der Waals surface area contributed by atoms with Gasteiger partial charge in [0.05, 0.1) is 22.7 Å². The molecular formula is C29H26Cl2N2O5. The van der Waals surface area contributed by atoms with E-state index in [1.807, 2.05) is 30.3 Å². The van der Waals surface area contributed by atoms with Crippen molar-refractivity contribution in [2.75, 3.05) is 20.2 Å². The molecule has 0 aliphatic carbocycles. The summed E-state index contributed by atoms with van der Waals surface area (Å²) in [6, 6.07) is 18.1. The summed E-state index contributed by atoms with van der Waals surface area (Å²) in [5.41, 5.74) is 3.49. The summed E-state index contributed by atoms with van der Waals surface area (Å²) in [6.45, 7) is 1.08. The highest BCUT2D eigenvalue weighted by molar-refractivity contribution is 6.39. The molecule has 3 aromatic rings. The van der Waals surface area contributed by atoms with Crippen molar-refractivity contribution < 1.29 is 24.2 Å². The van der Waals surface area contributed by atoms with Crippen LogP contribution < -0.4 is 10.1 Å². The van der Waals surface area contributed by atoms with Gasteiger partial charge in [0.15, 0.2) is 0 Å². The highest BCUT2D eigenvalue weighted by Gasteiger charge is 2.24. The van der Waals surface area contributed by atoms with Crippen molar-refractivity contribution in [1.82, 2.24) is 10.2 Å². The molecule has 0 saturated carbocycles. The van der Waals surface area contributed by atoms with Crippen LogP contribution in [-0.4, -0.2) is 54.0 Å². The third kappa shape index (κ3) is 6.36.